The molecule has 0 N–H and O–H groups in total. The second-order valence-electron chi connectivity index (χ2n) is 5.26. The van der Waals surface area contributed by atoms with Crippen molar-refractivity contribution in [1.82, 2.24) is 14.3 Å². The van der Waals surface area contributed by atoms with Crippen LogP contribution < -0.4 is 4.74 Å². The van der Waals surface area contributed by atoms with Crippen molar-refractivity contribution in [2.24, 2.45) is 0 Å². The summed E-state index contributed by atoms with van der Waals surface area (Å²) in [5.41, 5.74) is 2.32. The zero-order chi connectivity index (χ0) is 17.1. The van der Waals surface area contributed by atoms with E-state index in [2.05, 4.69) is 11.1 Å². The number of hydrogen-bond acceptors (Lipinski definition) is 5. The van der Waals surface area contributed by atoms with Crippen LogP contribution in [-0.4, -0.2) is 40.9 Å². The molecule has 3 rings (SSSR count). The molecule has 0 spiro atoms. The van der Waals surface area contributed by atoms with E-state index in [1.165, 1.54) is 11.3 Å². The van der Waals surface area contributed by atoms with Crippen molar-refractivity contribution >= 4 is 22.2 Å². The molecule has 6 nitrogen and oxygen atoms in total. The van der Waals surface area contributed by atoms with Crippen molar-refractivity contribution < 1.29 is 9.53 Å². The van der Waals surface area contributed by atoms with Gasteiger partial charge in [0.2, 0.25) is 0 Å². The van der Waals surface area contributed by atoms with Crippen molar-refractivity contribution in [3.8, 4) is 23.1 Å². The predicted octanol–water partition coefficient (Wildman–Crippen LogP) is 3.06. The van der Waals surface area contributed by atoms with Crippen LogP contribution in [0.3, 0.4) is 0 Å². The van der Waals surface area contributed by atoms with Gasteiger partial charge in [0.05, 0.1) is 25.3 Å². The van der Waals surface area contributed by atoms with Crippen LogP contribution in [0.25, 0.3) is 16.2 Å². The Balaban J connectivity index is 1.91. The molecular weight excluding hydrogens is 324 g/mol. The number of benzene rings is 1. The Bertz CT molecular complexity index is 905. The van der Waals surface area contributed by atoms with Crippen molar-refractivity contribution in [3.63, 3.8) is 0 Å². The van der Waals surface area contributed by atoms with E-state index < -0.39 is 0 Å². The summed E-state index contributed by atoms with van der Waals surface area (Å²) in [5.74, 6) is 0.671. The zero-order valence-electron chi connectivity index (χ0n) is 13.4. The van der Waals surface area contributed by atoms with E-state index in [0.717, 1.165) is 22.0 Å². The van der Waals surface area contributed by atoms with Crippen LogP contribution in [-0.2, 0) is 0 Å². The number of carbonyl (C=O) groups is 1. The Labute approximate surface area is 143 Å². The minimum atomic E-state index is -0.116. The second-order valence-corrected chi connectivity index (χ2v) is 6.10. The molecule has 0 radical (unpaired) electrons. The van der Waals surface area contributed by atoms with Crippen molar-refractivity contribution in [3.05, 3.63) is 41.5 Å². The molecule has 24 heavy (non-hydrogen) atoms. The summed E-state index contributed by atoms with van der Waals surface area (Å²) in [5, 5.41) is 10.5. The number of methoxy groups -OCH3 is 1. The maximum absolute atomic E-state index is 12.5. The first-order chi connectivity index (χ1) is 11.6. The fourth-order valence-electron chi connectivity index (χ4n) is 2.35. The number of nitrogens with zero attached hydrogens (tertiary/aromatic N) is 4. The molecule has 1 aromatic carbocycles. The van der Waals surface area contributed by atoms with Crippen molar-refractivity contribution in [2.45, 2.75) is 6.42 Å². The topological polar surface area (TPSA) is 70.6 Å². The molecule has 3 aromatic rings. The number of aromatic nitrogens is 2. The average Bonchev–Trinajstić information content (AvgIpc) is 3.19. The van der Waals surface area contributed by atoms with E-state index in [4.69, 9.17) is 10.00 Å². The maximum atomic E-state index is 12.5. The molecule has 122 valence electrons. The number of thiazole rings is 1. The zero-order valence-corrected chi connectivity index (χ0v) is 14.2. The maximum Gasteiger partial charge on any atom is 0.271 e. The minimum absolute atomic E-state index is 0.116. The summed E-state index contributed by atoms with van der Waals surface area (Å²) < 4.78 is 6.96. The van der Waals surface area contributed by atoms with Gasteiger partial charge >= 0.3 is 0 Å². The number of hydrogen-bond donors (Lipinski definition) is 0. The molecule has 0 unspecified atom stereocenters. The predicted molar refractivity (Wildman–Crippen MR) is 92.2 cm³/mol. The number of rotatable bonds is 5. The van der Waals surface area contributed by atoms with Gasteiger partial charge < -0.3 is 9.64 Å². The summed E-state index contributed by atoms with van der Waals surface area (Å²) in [7, 11) is 3.33. The Hall–Kier alpha value is -2.85. The van der Waals surface area contributed by atoms with E-state index in [9.17, 15) is 4.79 Å². The van der Waals surface area contributed by atoms with Gasteiger partial charge in [-0.05, 0) is 24.3 Å². The number of nitriles is 1. The fraction of sp³-hybridized carbons (Fsp3) is 0.235. The van der Waals surface area contributed by atoms with E-state index in [1.807, 2.05) is 30.5 Å². The summed E-state index contributed by atoms with van der Waals surface area (Å²) >= 11 is 1.42. The van der Waals surface area contributed by atoms with Gasteiger partial charge in [0.15, 0.2) is 4.96 Å². The van der Waals surface area contributed by atoms with Gasteiger partial charge in [-0.25, -0.2) is 4.98 Å². The molecule has 1 amide bonds. The molecule has 0 aliphatic heterocycles. The van der Waals surface area contributed by atoms with Crippen LogP contribution in [0.5, 0.6) is 5.75 Å². The number of ether oxygens (including phenoxy) is 1. The highest BCUT2D eigenvalue weighted by Gasteiger charge is 2.18. The van der Waals surface area contributed by atoms with Gasteiger partial charge in [0, 0.05) is 30.7 Å². The lowest BCUT2D eigenvalue weighted by Gasteiger charge is -2.14. The minimum Gasteiger partial charge on any atom is -0.497 e. The van der Waals surface area contributed by atoms with Crippen LogP contribution in [0.15, 0.2) is 35.8 Å². The Morgan fingerprint density at radius 3 is 2.83 bits per heavy atom. The number of imidazole rings is 1. The highest BCUT2D eigenvalue weighted by molar-refractivity contribution is 7.15. The molecule has 0 saturated carbocycles. The molecule has 7 heteroatoms. The van der Waals surface area contributed by atoms with Crippen molar-refractivity contribution in [1.29, 1.82) is 5.26 Å². The first-order valence-electron chi connectivity index (χ1n) is 7.37. The third kappa shape index (κ3) is 2.96. The molecule has 2 heterocycles. The molecular formula is C17H16N4O2S. The first-order valence-corrected chi connectivity index (χ1v) is 8.25. The second kappa shape index (κ2) is 6.72. The molecule has 0 atom stereocenters. The van der Waals surface area contributed by atoms with Crippen LogP contribution in [0.1, 0.15) is 16.9 Å². The monoisotopic (exact) mass is 340 g/mol. The van der Waals surface area contributed by atoms with Crippen LogP contribution in [0.4, 0.5) is 0 Å². The normalized spacial score (nSPS) is 10.5. The standard InChI is InChI=1S/C17H16N4O2S/c1-20(9-3-8-18)16(22)15-11-24-17-19-14(10-21(15)17)12-4-6-13(23-2)7-5-12/h4-7,10-11H,3,9H2,1-2H3. The van der Waals surface area contributed by atoms with Crippen LogP contribution in [0.2, 0.25) is 0 Å². The Kier molecular flexibility index (Phi) is 4.49. The van der Waals surface area contributed by atoms with Crippen molar-refractivity contribution in [2.75, 3.05) is 20.7 Å². The van der Waals surface area contributed by atoms with Gasteiger partial charge in [-0.3, -0.25) is 9.20 Å². The molecule has 0 aliphatic carbocycles. The quantitative estimate of drug-likeness (QED) is 0.716. The SMILES string of the molecule is COc1ccc(-c2cn3c(C(=O)N(C)CCC#N)csc3n2)cc1. The Morgan fingerprint density at radius 1 is 1.42 bits per heavy atom. The van der Waals surface area contributed by atoms with Gasteiger partial charge in [-0.2, -0.15) is 5.26 Å². The van der Waals surface area contributed by atoms with Crippen LogP contribution in [0, 0.1) is 11.3 Å². The summed E-state index contributed by atoms with van der Waals surface area (Å²) in [4.78, 5) is 19.4. The Morgan fingerprint density at radius 2 is 2.17 bits per heavy atom. The fourth-order valence-corrected chi connectivity index (χ4v) is 3.20. The van der Waals surface area contributed by atoms with E-state index in [0.29, 0.717) is 18.7 Å². The van der Waals surface area contributed by atoms with E-state index in [1.54, 1.807) is 28.8 Å². The number of fused-ring (bicyclic) bond motifs is 1. The molecule has 0 fully saturated rings. The number of amides is 1. The average molecular weight is 340 g/mol. The smallest absolute Gasteiger partial charge is 0.271 e. The lowest BCUT2D eigenvalue weighted by Crippen LogP contribution is -2.28. The molecule has 0 saturated heterocycles. The third-order valence-corrected chi connectivity index (χ3v) is 4.56. The highest BCUT2D eigenvalue weighted by atomic mass is 32.1. The van der Waals surface area contributed by atoms with Gasteiger partial charge in [0.25, 0.3) is 5.91 Å². The van der Waals surface area contributed by atoms with E-state index >= 15 is 0 Å². The molecule has 0 bridgehead atoms. The summed E-state index contributed by atoms with van der Waals surface area (Å²) in [6, 6.07) is 9.68. The van der Waals surface area contributed by atoms with Gasteiger partial charge in [0.1, 0.15) is 11.4 Å². The third-order valence-electron chi connectivity index (χ3n) is 3.72. The van der Waals surface area contributed by atoms with E-state index in [-0.39, 0.29) is 5.91 Å². The first kappa shape index (κ1) is 16.0. The highest BCUT2D eigenvalue weighted by Crippen LogP contribution is 2.25. The molecule has 2 aromatic heterocycles. The van der Waals surface area contributed by atoms with Crippen LogP contribution >= 0.6 is 11.3 Å². The van der Waals surface area contributed by atoms with Gasteiger partial charge in [-0.15, -0.1) is 11.3 Å². The lowest BCUT2D eigenvalue weighted by molar-refractivity contribution is 0.0791. The number of carbonyl (C=O) groups excluding carboxylic acids is 1. The van der Waals surface area contributed by atoms with Gasteiger partial charge in [-0.1, -0.05) is 0 Å². The largest absolute Gasteiger partial charge is 0.497 e. The summed E-state index contributed by atoms with van der Waals surface area (Å²) in [6.45, 7) is 0.409. The lowest BCUT2D eigenvalue weighted by atomic mass is 10.2. The summed E-state index contributed by atoms with van der Waals surface area (Å²) in [6.07, 6.45) is 2.18. The molecule has 0 aliphatic rings.